The number of rotatable bonds is 6. The topological polar surface area (TPSA) is 120 Å². The summed E-state index contributed by atoms with van der Waals surface area (Å²) < 4.78 is 4.04. The van der Waals surface area contributed by atoms with Gasteiger partial charge in [0.1, 0.15) is 11.4 Å². The molecule has 0 radical (unpaired) electrons. The van der Waals surface area contributed by atoms with E-state index in [9.17, 15) is 9.59 Å². The standard InChI is InChI=1S/2C21H22N4O/c1-14-10-11-22-18(12-14)21(26)24-17-7-5-9-20-16(17)13-23-25(20)19-8-4-3-6-15(19)2;1-14-10-11-18(22-12-14)21(26)24-17-7-5-9-20-16(17)13-23-25(20)19-8-4-3-6-15(19)2/h2*3-4,6,8,10-13,17H,5,7,9H2,1-2H3,(H,24,26)/t2*17-/m11/s1. The Bertz CT molecular complexity index is 2220. The average Bonchev–Trinajstić information content (AvgIpc) is 3.79. The van der Waals surface area contributed by atoms with E-state index in [0.29, 0.717) is 11.4 Å². The number of para-hydroxylation sites is 2. The molecule has 8 rings (SSSR count). The van der Waals surface area contributed by atoms with Crippen molar-refractivity contribution in [1.29, 1.82) is 0 Å². The van der Waals surface area contributed by atoms with Gasteiger partial charge in [-0.05, 0) is 119 Å². The molecular formula is C42H44N8O2. The molecule has 4 heterocycles. The maximum Gasteiger partial charge on any atom is 0.270 e. The zero-order valence-electron chi connectivity index (χ0n) is 30.1. The van der Waals surface area contributed by atoms with Gasteiger partial charge in [-0.2, -0.15) is 10.2 Å². The number of carbonyl (C=O) groups is 2. The molecule has 264 valence electrons. The van der Waals surface area contributed by atoms with E-state index in [1.165, 1.54) is 22.5 Å². The number of benzene rings is 2. The first kappa shape index (κ1) is 34.5. The molecule has 6 aromatic rings. The number of hydrogen-bond donors (Lipinski definition) is 2. The zero-order valence-corrected chi connectivity index (χ0v) is 30.1. The zero-order chi connectivity index (χ0) is 36.2. The van der Waals surface area contributed by atoms with Crippen LogP contribution in [0, 0.1) is 27.7 Å². The van der Waals surface area contributed by atoms with Crippen LogP contribution in [0.4, 0.5) is 0 Å². The van der Waals surface area contributed by atoms with Crippen LogP contribution in [0.1, 0.15) is 104 Å². The minimum atomic E-state index is -0.133. The molecule has 0 fully saturated rings. The summed E-state index contributed by atoms with van der Waals surface area (Å²) in [4.78, 5) is 33.6. The van der Waals surface area contributed by atoms with Gasteiger partial charge in [-0.3, -0.25) is 19.6 Å². The number of aromatic nitrogens is 6. The summed E-state index contributed by atoms with van der Waals surface area (Å²) in [5.74, 6) is -0.262. The van der Waals surface area contributed by atoms with Crippen molar-refractivity contribution in [2.75, 3.05) is 0 Å². The van der Waals surface area contributed by atoms with E-state index < -0.39 is 0 Å². The van der Waals surface area contributed by atoms with Gasteiger partial charge in [0.2, 0.25) is 0 Å². The Hall–Kier alpha value is -5.90. The third-order valence-corrected chi connectivity index (χ3v) is 9.96. The number of hydrogen-bond acceptors (Lipinski definition) is 6. The quantitative estimate of drug-likeness (QED) is 0.188. The van der Waals surface area contributed by atoms with Crippen molar-refractivity contribution >= 4 is 11.8 Å². The van der Waals surface area contributed by atoms with Crippen LogP contribution in [-0.2, 0) is 12.8 Å². The predicted molar refractivity (Wildman–Crippen MR) is 201 cm³/mol. The molecule has 2 aliphatic carbocycles. The minimum Gasteiger partial charge on any atom is -0.344 e. The number of carbonyl (C=O) groups excluding carboxylic acids is 2. The first-order valence-corrected chi connectivity index (χ1v) is 18.0. The van der Waals surface area contributed by atoms with Crippen molar-refractivity contribution < 1.29 is 9.59 Å². The van der Waals surface area contributed by atoms with Gasteiger partial charge in [0.15, 0.2) is 0 Å². The molecule has 2 aliphatic rings. The lowest BCUT2D eigenvalue weighted by Crippen LogP contribution is -2.31. The maximum atomic E-state index is 12.6. The fourth-order valence-corrected chi connectivity index (χ4v) is 7.16. The van der Waals surface area contributed by atoms with E-state index >= 15 is 0 Å². The fourth-order valence-electron chi connectivity index (χ4n) is 7.16. The molecule has 0 saturated carbocycles. The van der Waals surface area contributed by atoms with Crippen LogP contribution in [-0.4, -0.2) is 41.3 Å². The second-order valence-corrected chi connectivity index (χ2v) is 13.8. The third-order valence-electron chi connectivity index (χ3n) is 9.96. The van der Waals surface area contributed by atoms with Gasteiger partial charge in [-0.25, -0.2) is 9.36 Å². The molecule has 0 unspecified atom stereocenters. The van der Waals surface area contributed by atoms with Crippen LogP contribution in [0.2, 0.25) is 0 Å². The van der Waals surface area contributed by atoms with Crippen LogP contribution in [0.15, 0.2) is 97.6 Å². The molecule has 0 bridgehead atoms. The normalized spacial score (nSPS) is 16.2. The highest BCUT2D eigenvalue weighted by Crippen LogP contribution is 2.33. The summed E-state index contributed by atoms with van der Waals surface area (Å²) >= 11 is 0. The molecule has 2 N–H and O–H groups in total. The Kier molecular flexibility index (Phi) is 10.1. The average molecular weight is 693 g/mol. The second kappa shape index (κ2) is 15.1. The second-order valence-electron chi connectivity index (χ2n) is 13.8. The van der Waals surface area contributed by atoms with Crippen LogP contribution < -0.4 is 10.6 Å². The summed E-state index contributed by atoms with van der Waals surface area (Å²) in [6.07, 6.45) is 13.0. The first-order chi connectivity index (χ1) is 25.3. The lowest BCUT2D eigenvalue weighted by atomic mass is 9.92. The van der Waals surface area contributed by atoms with E-state index in [1.807, 2.05) is 78.1 Å². The highest BCUT2D eigenvalue weighted by Gasteiger charge is 2.28. The number of pyridine rings is 2. The van der Waals surface area contributed by atoms with Crippen molar-refractivity contribution in [3.05, 3.63) is 154 Å². The first-order valence-electron chi connectivity index (χ1n) is 18.0. The highest BCUT2D eigenvalue weighted by molar-refractivity contribution is 5.93. The molecule has 4 aromatic heterocycles. The number of nitrogens with one attached hydrogen (secondary N) is 2. The van der Waals surface area contributed by atoms with Crippen LogP contribution in [0.25, 0.3) is 11.4 Å². The smallest absolute Gasteiger partial charge is 0.270 e. The number of nitrogens with zero attached hydrogens (tertiary/aromatic N) is 6. The molecule has 0 aliphatic heterocycles. The van der Waals surface area contributed by atoms with Crippen LogP contribution >= 0.6 is 0 Å². The SMILES string of the molecule is Cc1ccc(C(=O)N[C@@H]2CCCc3c2cnn3-c2ccccc2C)nc1.Cc1ccnc(C(=O)N[C@@H]2CCCc3c2cnn3-c2ccccc2C)c1. The molecule has 52 heavy (non-hydrogen) atoms. The Labute approximate surface area is 304 Å². The summed E-state index contributed by atoms with van der Waals surface area (Å²) in [5, 5.41) is 15.5. The van der Waals surface area contributed by atoms with Gasteiger partial charge in [-0.1, -0.05) is 42.5 Å². The Morgan fingerprint density at radius 3 is 1.65 bits per heavy atom. The predicted octanol–water partition coefficient (Wildman–Crippen LogP) is 7.38. The fraction of sp³-hybridized carbons (Fsp3) is 0.286. The van der Waals surface area contributed by atoms with E-state index in [-0.39, 0.29) is 23.9 Å². The largest absolute Gasteiger partial charge is 0.344 e. The lowest BCUT2D eigenvalue weighted by molar-refractivity contribution is 0.0919. The summed E-state index contributed by atoms with van der Waals surface area (Å²) in [5.41, 5.74) is 12.2. The highest BCUT2D eigenvalue weighted by atomic mass is 16.2. The Morgan fingerprint density at radius 2 is 1.15 bits per heavy atom. The molecule has 10 heteroatoms. The molecule has 2 atom stereocenters. The van der Waals surface area contributed by atoms with Gasteiger partial charge in [-0.15, -0.1) is 0 Å². The van der Waals surface area contributed by atoms with Gasteiger partial charge in [0, 0.05) is 34.9 Å². The number of aryl methyl sites for hydroxylation is 4. The van der Waals surface area contributed by atoms with Gasteiger partial charge in [0.25, 0.3) is 11.8 Å². The van der Waals surface area contributed by atoms with Crippen molar-refractivity contribution in [2.24, 2.45) is 0 Å². The van der Waals surface area contributed by atoms with E-state index in [1.54, 1.807) is 18.5 Å². The molecule has 2 aromatic carbocycles. The van der Waals surface area contributed by atoms with E-state index in [2.05, 4.69) is 68.9 Å². The van der Waals surface area contributed by atoms with Crippen LogP contribution in [0.5, 0.6) is 0 Å². The summed E-state index contributed by atoms with van der Waals surface area (Å²) in [6.45, 7) is 8.11. The monoisotopic (exact) mass is 692 g/mol. The molecule has 10 nitrogen and oxygen atoms in total. The van der Waals surface area contributed by atoms with Gasteiger partial charge >= 0.3 is 0 Å². The number of fused-ring (bicyclic) bond motifs is 2. The summed E-state index contributed by atoms with van der Waals surface area (Å²) in [6, 6.07) is 23.8. The molecule has 0 spiro atoms. The Morgan fingerprint density at radius 1 is 0.615 bits per heavy atom. The number of amides is 2. The third kappa shape index (κ3) is 7.28. The minimum absolute atomic E-state index is 0.0212. The lowest BCUT2D eigenvalue weighted by Gasteiger charge is -2.24. The Balaban J connectivity index is 0.000000162. The van der Waals surface area contributed by atoms with E-state index in [0.717, 1.165) is 72.2 Å². The molecular weight excluding hydrogens is 649 g/mol. The van der Waals surface area contributed by atoms with Gasteiger partial charge < -0.3 is 10.6 Å². The molecule has 2 amide bonds. The van der Waals surface area contributed by atoms with Crippen molar-refractivity contribution in [2.45, 2.75) is 78.3 Å². The molecule has 0 saturated heterocycles. The maximum absolute atomic E-state index is 12.6. The van der Waals surface area contributed by atoms with Crippen LogP contribution in [0.3, 0.4) is 0 Å². The van der Waals surface area contributed by atoms with Crippen molar-refractivity contribution in [3.8, 4) is 11.4 Å². The van der Waals surface area contributed by atoms with Crippen molar-refractivity contribution in [1.82, 2.24) is 40.2 Å². The van der Waals surface area contributed by atoms with E-state index in [4.69, 9.17) is 0 Å². The van der Waals surface area contributed by atoms with Crippen molar-refractivity contribution in [3.63, 3.8) is 0 Å². The summed E-state index contributed by atoms with van der Waals surface area (Å²) in [7, 11) is 0. The van der Waals surface area contributed by atoms with Gasteiger partial charge in [0.05, 0.1) is 35.9 Å².